The van der Waals surface area contributed by atoms with Crippen LogP contribution in [-0.2, 0) is 42.9 Å². The zero-order valence-electron chi connectivity index (χ0n) is 35.1. The average molecular weight is 745 g/mol. The quantitative estimate of drug-likeness (QED) is 0.100. The second-order valence-electron chi connectivity index (χ2n) is 19.3. The number of carbonyl (C=O) groups is 5. The lowest BCUT2D eigenvalue weighted by Gasteiger charge is -2.34. The minimum atomic E-state index is -0.763. The van der Waals surface area contributed by atoms with Gasteiger partial charge >= 0.3 is 23.9 Å². The third-order valence-electron chi connectivity index (χ3n) is 10.2. The highest BCUT2D eigenvalue weighted by Crippen LogP contribution is 2.50. The number of ether oxygens (including phenoxy) is 4. The van der Waals surface area contributed by atoms with Crippen LogP contribution in [0.3, 0.4) is 0 Å². The van der Waals surface area contributed by atoms with Crippen molar-refractivity contribution in [3.05, 3.63) is 24.0 Å². The number of rotatable bonds is 15. The van der Waals surface area contributed by atoms with E-state index < -0.39 is 38.4 Å². The van der Waals surface area contributed by atoms with Gasteiger partial charge in [0.1, 0.15) is 0 Å². The van der Waals surface area contributed by atoms with E-state index in [9.17, 15) is 24.0 Å². The zero-order chi connectivity index (χ0) is 40.8. The van der Waals surface area contributed by atoms with Crippen molar-refractivity contribution in [1.29, 1.82) is 0 Å². The molecule has 4 atom stereocenters. The first-order chi connectivity index (χ1) is 24.0. The van der Waals surface area contributed by atoms with Crippen LogP contribution in [0.4, 0.5) is 0 Å². The molecule has 2 aliphatic rings. The summed E-state index contributed by atoms with van der Waals surface area (Å²) in [6, 6.07) is 0. The van der Waals surface area contributed by atoms with E-state index in [4.69, 9.17) is 23.9 Å². The van der Waals surface area contributed by atoms with E-state index >= 15 is 0 Å². The highest BCUT2D eigenvalue weighted by Gasteiger charge is 2.50. The number of hydrogen-bond donors (Lipinski definition) is 1. The normalized spacial score (nSPS) is 24.5. The summed E-state index contributed by atoms with van der Waals surface area (Å²) in [5, 5.41) is 3.12. The van der Waals surface area contributed by atoms with Crippen LogP contribution < -0.4 is 5.32 Å². The minimum absolute atomic E-state index is 0.104. The highest BCUT2D eigenvalue weighted by atomic mass is 16.5. The van der Waals surface area contributed by atoms with Gasteiger partial charge in [0.2, 0.25) is 5.91 Å². The van der Waals surface area contributed by atoms with Gasteiger partial charge in [0.05, 0.1) is 48.1 Å². The summed E-state index contributed by atoms with van der Waals surface area (Å²) >= 11 is 0. The van der Waals surface area contributed by atoms with Crippen molar-refractivity contribution < 1.29 is 42.9 Å². The number of amides is 1. The molecule has 1 amide bonds. The smallest absolute Gasteiger partial charge is 0.311 e. The van der Waals surface area contributed by atoms with Crippen LogP contribution >= 0.6 is 0 Å². The number of aliphatic imine (C=N–C) groups is 1. The van der Waals surface area contributed by atoms with Crippen LogP contribution in [0.25, 0.3) is 0 Å². The maximum absolute atomic E-state index is 13.7. The van der Waals surface area contributed by atoms with E-state index in [0.717, 1.165) is 5.71 Å². The van der Waals surface area contributed by atoms with Gasteiger partial charge in [-0.25, -0.2) is 0 Å². The second-order valence-corrected chi connectivity index (χ2v) is 19.3. The molecule has 0 aromatic rings. The van der Waals surface area contributed by atoms with Crippen molar-refractivity contribution in [1.82, 2.24) is 5.32 Å². The molecule has 0 saturated carbocycles. The maximum Gasteiger partial charge on any atom is 0.311 e. The molecule has 1 saturated heterocycles. The maximum atomic E-state index is 13.7. The molecule has 1 fully saturated rings. The Labute approximate surface area is 318 Å². The Morgan fingerprint density at radius 1 is 0.642 bits per heavy atom. The van der Waals surface area contributed by atoms with Crippen LogP contribution in [0, 0.1) is 44.3 Å². The van der Waals surface area contributed by atoms with Gasteiger partial charge in [0.25, 0.3) is 0 Å². The van der Waals surface area contributed by atoms with Gasteiger partial charge in [-0.05, 0) is 128 Å². The van der Waals surface area contributed by atoms with Crippen molar-refractivity contribution >= 4 is 35.5 Å². The summed E-state index contributed by atoms with van der Waals surface area (Å²) in [5.41, 5.74) is -1.93. The third-order valence-corrected chi connectivity index (χ3v) is 10.2. The molecule has 53 heavy (non-hydrogen) atoms. The van der Waals surface area contributed by atoms with E-state index in [1.807, 2.05) is 54.5 Å². The molecule has 300 valence electrons. The van der Waals surface area contributed by atoms with E-state index in [2.05, 4.69) is 18.8 Å². The van der Waals surface area contributed by atoms with Gasteiger partial charge < -0.3 is 24.3 Å². The van der Waals surface area contributed by atoms with Gasteiger partial charge in [-0.3, -0.25) is 29.0 Å². The fraction of sp³-hybridized carbons (Fsp3) is 0.762. The van der Waals surface area contributed by atoms with Gasteiger partial charge in [0.15, 0.2) is 0 Å². The fourth-order valence-corrected chi connectivity index (χ4v) is 6.24. The monoisotopic (exact) mass is 744 g/mol. The molecule has 0 aliphatic carbocycles. The Kier molecular flexibility index (Phi) is 14.9. The molecule has 0 unspecified atom stereocenters. The van der Waals surface area contributed by atoms with Crippen LogP contribution in [-0.4, -0.2) is 61.9 Å². The largest absolute Gasteiger partial charge is 0.465 e. The van der Waals surface area contributed by atoms with Crippen molar-refractivity contribution in [3.8, 4) is 0 Å². The number of nitrogens with zero attached hydrogens (tertiary/aromatic N) is 1. The molecule has 11 nitrogen and oxygen atoms in total. The summed E-state index contributed by atoms with van der Waals surface area (Å²) in [7, 11) is 0. The van der Waals surface area contributed by atoms with E-state index in [1.54, 1.807) is 41.5 Å². The molecular weight excluding hydrogens is 676 g/mol. The van der Waals surface area contributed by atoms with Crippen LogP contribution in [0.1, 0.15) is 135 Å². The standard InChI is InChI=1S/C42H68N2O9/c1-27-41(14,20-24-52-35(48)39(8,9)10)28(18-16-22-50-33(46)37(2,3)4)30(43-27)26-31-42(15,21-25-53-36(49)40(11,12)13)29(32(45)44-31)19-17-23-51-34(47)38(5,6)7/h26,28-29H,1,16-25H2,2-15H3,(H,44,45)/b31-26-/t28-,29-,41-,42+/m1/s1. The Morgan fingerprint density at radius 3 is 1.40 bits per heavy atom. The Hall–Kier alpha value is -3.50. The van der Waals surface area contributed by atoms with E-state index in [-0.39, 0.29) is 62.1 Å². The summed E-state index contributed by atoms with van der Waals surface area (Å²) < 4.78 is 22.5. The number of nitrogens with one attached hydrogen (secondary N) is 1. The molecule has 0 aromatic carbocycles. The van der Waals surface area contributed by atoms with Gasteiger partial charge in [-0.15, -0.1) is 0 Å². The van der Waals surface area contributed by atoms with Crippen molar-refractivity contribution in [2.75, 3.05) is 26.4 Å². The Bertz CT molecular complexity index is 1450. The zero-order valence-corrected chi connectivity index (χ0v) is 35.1. The molecule has 2 rings (SSSR count). The molecular formula is C42H68N2O9. The first kappa shape index (κ1) is 45.7. The number of esters is 4. The predicted molar refractivity (Wildman–Crippen MR) is 205 cm³/mol. The fourth-order valence-electron chi connectivity index (χ4n) is 6.24. The summed E-state index contributed by atoms with van der Waals surface area (Å²) in [6.07, 6.45) is 4.84. The highest BCUT2D eigenvalue weighted by molar-refractivity contribution is 6.02. The molecule has 2 heterocycles. The molecule has 2 aliphatic heterocycles. The van der Waals surface area contributed by atoms with Crippen molar-refractivity contribution in [2.45, 2.75) is 135 Å². The van der Waals surface area contributed by atoms with Crippen LogP contribution in [0.15, 0.2) is 29.0 Å². The second kappa shape index (κ2) is 17.3. The lowest BCUT2D eigenvalue weighted by molar-refractivity contribution is -0.154. The molecule has 0 bridgehead atoms. The first-order valence-corrected chi connectivity index (χ1v) is 19.0. The first-order valence-electron chi connectivity index (χ1n) is 19.0. The van der Waals surface area contributed by atoms with Crippen molar-refractivity contribution in [3.63, 3.8) is 0 Å². The van der Waals surface area contributed by atoms with Crippen LogP contribution in [0.5, 0.6) is 0 Å². The summed E-state index contributed by atoms with van der Waals surface area (Å²) in [5.74, 6) is -2.06. The molecule has 0 spiro atoms. The van der Waals surface area contributed by atoms with Crippen molar-refractivity contribution in [2.24, 2.45) is 49.3 Å². The van der Waals surface area contributed by atoms with Gasteiger partial charge in [-0.2, -0.15) is 0 Å². The minimum Gasteiger partial charge on any atom is -0.465 e. The van der Waals surface area contributed by atoms with E-state index in [1.165, 1.54) is 0 Å². The summed E-state index contributed by atoms with van der Waals surface area (Å²) in [4.78, 5) is 68.9. The van der Waals surface area contributed by atoms with Gasteiger partial charge in [-0.1, -0.05) is 20.4 Å². The number of hydrogen-bond acceptors (Lipinski definition) is 10. The third kappa shape index (κ3) is 12.3. The molecule has 11 heteroatoms. The Balaban J connectivity index is 2.46. The predicted octanol–water partition coefficient (Wildman–Crippen LogP) is 7.91. The SMILES string of the molecule is C=C1N=C(/C=C2\NC(=O)[C@@H](CCCOC(=O)C(C)(C)C)[C@]2(C)CCOC(=O)C(C)(C)C)[C@@H](CCCOC(=O)C(C)(C)C)[C@]1(C)CCOC(=O)C(C)(C)C. The number of carbonyl (C=O) groups excluding carboxylic acids is 5. The van der Waals surface area contributed by atoms with Crippen LogP contribution in [0.2, 0.25) is 0 Å². The lowest BCUT2D eigenvalue weighted by atomic mass is 9.69. The average Bonchev–Trinajstić information content (AvgIpc) is 3.37. The van der Waals surface area contributed by atoms with E-state index in [0.29, 0.717) is 49.9 Å². The molecule has 1 N–H and O–H groups in total. The molecule has 0 radical (unpaired) electrons. The summed E-state index contributed by atoms with van der Waals surface area (Å²) in [6.45, 7) is 30.7. The Morgan fingerprint density at radius 2 is 1.00 bits per heavy atom. The lowest BCUT2D eigenvalue weighted by Crippen LogP contribution is -2.33. The molecule has 0 aromatic heterocycles. The van der Waals surface area contributed by atoms with Gasteiger partial charge in [0, 0.05) is 39.8 Å². The number of allylic oxidation sites excluding steroid dienone is 3. The topological polar surface area (TPSA) is 147 Å².